The average Bonchev–Trinajstić information content (AvgIpc) is 2.28. The second kappa shape index (κ2) is 6.05. The van der Waals surface area contributed by atoms with Crippen LogP contribution in [0.3, 0.4) is 0 Å². The van der Waals surface area contributed by atoms with Gasteiger partial charge in [-0.3, -0.25) is 10.1 Å². The SMILES string of the molecule is CC(C)(C)OC(=O)Nc1ccc(NC(=O)C(=O)O)cc1. The van der Waals surface area contributed by atoms with E-state index < -0.39 is 23.6 Å². The highest BCUT2D eigenvalue weighted by Gasteiger charge is 2.16. The summed E-state index contributed by atoms with van der Waals surface area (Å²) in [6.07, 6.45) is -0.597. The smallest absolute Gasteiger partial charge is 0.412 e. The van der Waals surface area contributed by atoms with Crippen LogP contribution in [0.25, 0.3) is 0 Å². The number of amides is 2. The molecule has 0 saturated heterocycles. The molecule has 0 aliphatic rings. The lowest BCUT2D eigenvalue weighted by molar-refractivity contribution is -0.147. The molecule has 1 aromatic rings. The number of carbonyl (C=O) groups is 3. The summed E-state index contributed by atoms with van der Waals surface area (Å²) in [5.41, 5.74) is 0.180. The van der Waals surface area contributed by atoms with Crippen molar-refractivity contribution >= 4 is 29.3 Å². The summed E-state index contributed by atoms with van der Waals surface area (Å²) in [5, 5.41) is 13.1. The number of anilines is 2. The van der Waals surface area contributed by atoms with Gasteiger partial charge in [0.05, 0.1) is 0 Å². The van der Waals surface area contributed by atoms with Crippen molar-refractivity contribution in [2.45, 2.75) is 26.4 Å². The van der Waals surface area contributed by atoms with Crippen LogP contribution in [0.15, 0.2) is 24.3 Å². The third-order valence-corrected chi connectivity index (χ3v) is 1.98. The fraction of sp³-hybridized carbons (Fsp3) is 0.308. The molecule has 0 aliphatic carbocycles. The van der Waals surface area contributed by atoms with Crippen molar-refractivity contribution in [2.75, 3.05) is 10.6 Å². The molecular formula is C13H16N2O5. The highest BCUT2D eigenvalue weighted by molar-refractivity contribution is 6.36. The van der Waals surface area contributed by atoms with Gasteiger partial charge in [0.2, 0.25) is 0 Å². The van der Waals surface area contributed by atoms with Crippen LogP contribution in [-0.4, -0.2) is 28.7 Å². The quantitative estimate of drug-likeness (QED) is 0.719. The van der Waals surface area contributed by atoms with E-state index in [0.29, 0.717) is 11.4 Å². The number of hydrogen-bond acceptors (Lipinski definition) is 4. The van der Waals surface area contributed by atoms with Crippen LogP contribution >= 0.6 is 0 Å². The van der Waals surface area contributed by atoms with Gasteiger partial charge in [-0.15, -0.1) is 0 Å². The molecule has 0 unspecified atom stereocenters. The molecule has 7 nitrogen and oxygen atoms in total. The molecule has 0 saturated carbocycles. The van der Waals surface area contributed by atoms with Gasteiger partial charge in [0.25, 0.3) is 0 Å². The Morgan fingerprint density at radius 3 is 1.85 bits per heavy atom. The summed E-state index contributed by atoms with van der Waals surface area (Å²) in [6, 6.07) is 5.96. The summed E-state index contributed by atoms with van der Waals surface area (Å²) in [4.78, 5) is 32.8. The van der Waals surface area contributed by atoms with Crippen molar-refractivity contribution in [1.82, 2.24) is 0 Å². The molecule has 0 aliphatic heterocycles. The first kappa shape index (κ1) is 15.5. The minimum Gasteiger partial charge on any atom is -0.474 e. The molecule has 0 spiro atoms. The van der Waals surface area contributed by atoms with E-state index in [1.807, 2.05) is 0 Å². The largest absolute Gasteiger partial charge is 0.474 e. The molecule has 0 atom stereocenters. The Hall–Kier alpha value is -2.57. The molecule has 0 heterocycles. The highest BCUT2D eigenvalue weighted by atomic mass is 16.6. The summed E-state index contributed by atoms with van der Waals surface area (Å²) in [6.45, 7) is 5.24. The van der Waals surface area contributed by atoms with E-state index in [1.165, 1.54) is 24.3 Å². The molecule has 1 rings (SSSR count). The van der Waals surface area contributed by atoms with Crippen molar-refractivity contribution in [2.24, 2.45) is 0 Å². The number of ether oxygens (including phenoxy) is 1. The number of nitrogens with one attached hydrogen (secondary N) is 2. The molecule has 20 heavy (non-hydrogen) atoms. The molecule has 2 amide bonds. The van der Waals surface area contributed by atoms with Crippen LogP contribution in [0.5, 0.6) is 0 Å². The topological polar surface area (TPSA) is 105 Å². The Balaban J connectivity index is 2.61. The van der Waals surface area contributed by atoms with E-state index in [-0.39, 0.29) is 0 Å². The van der Waals surface area contributed by atoms with Gasteiger partial charge < -0.3 is 15.2 Å². The number of carboxylic acids is 1. The van der Waals surface area contributed by atoms with Crippen molar-refractivity contribution in [3.63, 3.8) is 0 Å². The molecule has 0 fully saturated rings. The van der Waals surface area contributed by atoms with E-state index in [2.05, 4.69) is 10.6 Å². The maximum absolute atomic E-state index is 11.5. The average molecular weight is 280 g/mol. The van der Waals surface area contributed by atoms with Gasteiger partial charge in [-0.2, -0.15) is 0 Å². The van der Waals surface area contributed by atoms with Crippen LogP contribution in [0.4, 0.5) is 16.2 Å². The van der Waals surface area contributed by atoms with E-state index in [4.69, 9.17) is 9.84 Å². The summed E-state index contributed by atoms with van der Waals surface area (Å²) < 4.78 is 5.07. The number of carbonyl (C=O) groups excluding carboxylic acids is 2. The molecule has 7 heteroatoms. The second-order valence-corrected chi connectivity index (χ2v) is 4.96. The van der Waals surface area contributed by atoms with E-state index in [9.17, 15) is 14.4 Å². The van der Waals surface area contributed by atoms with Gasteiger partial charge in [-0.05, 0) is 45.0 Å². The third-order valence-electron chi connectivity index (χ3n) is 1.98. The Bertz CT molecular complexity index is 517. The number of hydrogen-bond donors (Lipinski definition) is 3. The van der Waals surface area contributed by atoms with Gasteiger partial charge in [0, 0.05) is 11.4 Å². The monoisotopic (exact) mass is 280 g/mol. The molecule has 108 valence electrons. The Kier molecular flexibility index (Phi) is 4.68. The maximum Gasteiger partial charge on any atom is 0.412 e. The predicted molar refractivity (Wildman–Crippen MR) is 72.6 cm³/mol. The first-order valence-electron chi connectivity index (χ1n) is 5.82. The van der Waals surface area contributed by atoms with Crippen molar-refractivity contribution < 1.29 is 24.2 Å². The lowest BCUT2D eigenvalue weighted by Crippen LogP contribution is -2.27. The van der Waals surface area contributed by atoms with Crippen LogP contribution in [0, 0.1) is 0 Å². The van der Waals surface area contributed by atoms with Crippen molar-refractivity contribution in [3.8, 4) is 0 Å². The summed E-state index contributed by atoms with van der Waals surface area (Å²) in [5.74, 6) is -2.70. The Morgan fingerprint density at radius 1 is 1.00 bits per heavy atom. The number of rotatable bonds is 2. The Labute approximate surface area is 115 Å². The van der Waals surface area contributed by atoms with Crippen LogP contribution in [0.1, 0.15) is 20.8 Å². The van der Waals surface area contributed by atoms with Crippen LogP contribution in [-0.2, 0) is 14.3 Å². The summed E-state index contributed by atoms with van der Waals surface area (Å²) in [7, 11) is 0. The van der Waals surface area contributed by atoms with Crippen LogP contribution in [0.2, 0.25) is 0 Å². The minimum absolute atomic E-state index is 0.312. The first-order chi connectivity index (χ1) is 9.17. The van der Waals surface area contributed by atoms with E-state index in [1.54, 1.807) is 20.8 Å². The molecule has 0 bridgehead atoms. The van der Waals surface area contributed by atoms with Crippen molar-refractivity contribution in [3.05, 3.63) is 24.3 Å². The van der Waals surface area contributed by atoms with E-state index in [0.717, 1.165) is 0 Å². The molecule has 3 N–H and O–H groups in total. The predicted octanol–water partition coefficient (Wildman–Crippen LogP) is 2.06. The van der Waals surface area contributed by atoms with Crippen molar-refractivity contribution in [1.29, 1.82) is 0 Å². The third kappa shape index (κ3) is 5.38. The fourth-order valence-electron chi connectivity index (χ4n) is 1.24. The Morgan fingerprint density at radius 2 is 1.45 bits per heavy atom. The van der Waals surface area contributed by atoms with Gasteiger partial charge >= 0.3 is 18.0 Å². The lowest BCUT2D eigenvalue weighted by atomic mass is 10.2. The lowest BCUT2D eigenvalue weighted by Gasteiger charge is -2.19. The number of aliphatic carboxylic acids is 1. The first-order valence-corrected chi connectivity index (χ1v) is 5.82. The summed E-state index contributed by atoms with van der Waals surface area (Å²) >= 11 is 0. The zero-order valence-electron chi connectivity index (χ0n) is 11.4. The normalized spacial score (nSPS) is 10.6. The standard InChI is InChI=1S/C13H16N2O5/c1-13(2,3)20-12(19)15-9-6-4-8(5-7-9)14-10(16)11(17)18/h4-7H,1-3H3,(H,14,16)(H,15,19)(H,17,18). The van der Waals surface area contributed by atoms with Crippen LogP contribution < -0.4 is 10.6 Å². The molecular weight excluding hydrogens is 264 g/mol. The van der Waals surface area contributed by atoms with Gasteiger partial charge in [0.15, 0.2) is 0 Å². The molecule has 1 aromatic carbocycles. The molecule has 0 aromatic heterocycles. The second-order valence-electron chi connectivity index (χ2n) is 4.96. The number of benzene rings is 1. The zero-order valence-corrected chi connectivity index (χ0v) is 11.4. The fourth-order valence-corrected chi connectivity index (χ4v) is 1.24. The van der Waals surface area contributed by atoms with Gasteiger partial charge in [-0.25, -0.2) is 9.59 Å². The minimum atomic E-state index is -1.57. The maximum atomic E-state index is 11.5. The highest BCUT2D eigenvalue weighted by Crippen LogP contribution is 2.15. The van der Waals surface area contributed by atoms with E-state index >= 15 is 0 Å². The molecule has 0 radical (unpaired) electrons. The number of carboxylic acid groups (broad SMARTS) is 1. The van der Waals surface area contributed by atoms with Gasteiger partial charge in [-0.1, -0.05) is 0 Å². The van der Waals surface area contributed by atoms with Gasteiger partial charge in [0.1, 0.15) is 5.60 Å². The zero-order chi connectivity index (χ0) is 15.3.